The highest BCUT2D eigenvalue weighted by Gasteiger charge is 2.46. The zero-order valence-corrected chi connectivity index (χ0v) is 7.77. The van der Waals surface area contributed by atoms with E-state index in [1.807, 2.05) is 36.4 Å². The molecule has 70 valence electrons. The average Bonchev–Trinajstić information content (AvgIpc) is 2.91. The standard InChI is InChI=1S/C12H6N2O/c15-12-11-13-8-5-1-3-7-4-2-6-9(10(7)8)14(11)12/h1-6H. The Hall–Kier alpha value is -2.16. The molecule has 0 saturated carbocycles. The maximum absolute atomic E-state index is 11.4. The topological polar surface area (TPSA) is 32.4 Å². The van der Waals surface area contributed by atoms with Crippen molar-refractivity contribution < 1.29 is 4.79 Å². The lowest BCUT2D eigenvalue weighted by Gasteiger charge is -2.10. The summed E-state index contributed by atoms with van der Waals surface area (Å²) in [4.78, 5) is 17.4. The molecule has 0 unspecified atom stereocenters. The summed E-state index contributed by atoms with van der Waals surface area (Å²) in [6, 6.07) is 11.9. The summed E-state index contributed by atoms with van der Waals surface area (Å²) in [6.07, 6.45) is 0. The quantitative estimate of drug-likeness (QED) is 0.592. The van der Waals surface area contributed by atoms with Gasteiger partial charge in [0, 0.05) is 5.39 Å². The summed E-state index contributed by atoms with van der Waals surface area (Å²) in [5.74, 6) is 0.597. The molecular weight excluding hydrogens is 188 g/mol. The third-order valence-electron chi connectivity index (χ3n) is 2.88. The number of fused-ring (bicyclic) bond motifs is 2. The van der Waals surface area contributed by atoms with Crippen molar-refractivity contribution in [3.63, 3.8) is 0 Å². The van der Waals surface area contributed by atoms with Crippen LogP contribution in [0.15, 0.2) is 41.4 Å². The van der Waals surface area contributed by atoms with E-state index in [4.69, 9.17) is 0 Å². The van der Waals surface area contributed by atoms with E-state index in [-0.39, 0.29) is 5.91 Å². The second-order valence-corrected chi connectivity index (χ2v) is 3.73. The third-order valence-corrected chi connectivity index (χ3v) is 2.88. The number of hydrogen-bond donors (Lipinski definition) is 0. The Morgan fingerprint density at radius 1 is 1.07 bits per heavy atom. The number of rotatable bonds is 0. The molecule has 2 aliphatic heterocycles. The van der Waals surface area contributed by atoms with Crippen LogP contribution in [0, 0.1) is 0 Å². The van der Waals surface area contributed by atoms with Crippen LogP contribution in [0.4, 0.5) is 11.4 Å². The molecule has 3 heteroatoms. The normalized spacial score (nSPS) is 16.4. The molecule has 0 atom stereocenters. The lowest BCUT2D eigenvalue weighted by molar-refractivity contribution is -0.107. The van der Waals surface area contributed by atoms with Crippen LogP contribution in [0.2, 0.25) is 0 Å². The van der Waals surface area contributed by atoms with E-state index < -0.39 is 0 Å². The van der Waals surface area contributed by atoms with Crippen LogP contribution >= 0.6 is 0 Å². The molecule has 0 bridgehead atoms. The highest BCUT2D eigenvalue weighted by atomic mass is 16.2. The van der Waals surface area contributed by atoms with Gasteiger partial charge in [0.2, 0.25) is 5.84 Å². The predicted octanol–water partition coefficient (Wildman–Crippen LogP) is 2.23. The monoisotopic (exact) mass is 194 g/mol. The molecule has 0 aromatic heterocycles. The zero-order chi connectivity index (χ0) is 9.99. The van der Waals surface area contributed by atoms with Crippen LogP contribution in [0.1, 0.15) is 0 Å². The van der Waals surface area contributed by atoms with Crippen molar-refractivity contribution in [2.75, 3.05) is 4.90 Å². The Morgan fingerprint density at radius 3 is 2.73 bits per heavy atom. The van der Waals surface area contributed by atoms with E-state index in [1.165, 1.54) is 0 Å². The fourth-order valence-electron chi connectivity index (χ4n) is 2.16. The van der Waals surface area contributed by atoms with Crippen molar-refractivity contribution in [3.05, 3.63) is 36.4 Å². The van der Waals surface area contributed by atoms with Crippen molar-refractivity contribution in [2.45, 2.75) is 0 Å². The van der Waals surface area contributed by atoms with Crippen molar-refractivity contribution in [1.29, 1.82) is 0 Å². The van der Waals surface area contributed by atoms with Gasteiger partial charge >= 0.3 is 5.91 Å². The molecule has 4 rings (SSSR count). The fraction of sp³-hybridized carbons (Fsp3) is 0. The molecule has 2 aliphatic rings. The summed E-state index contributed by atoms with van der Waals surface area (Å²) in [6.45, 7) is 0. The fourth-order valence-corrected chi connectivity index (χ4v) is 2.16. The molecule has 1 saturated heterocycles. The van der Waals surface area contributed by atoms with E-state index in [9.17, 15) is 4.79 Å². The lowest BCUT2D eigenvalue weighted by atomic mass is 10.1. The Bertz CT molecular complexity index is 652. The van der Waals surface area contributed by atoms with E-state index in [2.05, 4.69) is 4.99 Å². The second-order valence-electron chi connectivity index (χ2n) is 3.73. The first-order chi connectivity index (χ1) is 7.36. The average molecular weight is 194 g/mol. The van der Waals surface area contributed by atoms with Gasteiger partial charge in [0.15, 0.2) is 0 Å². The minimum Gasteiger partial charge on any atom is -0.265 e. The van der Waals surface area contributed by atoms with E-state index >= 15 is 0 Å². The van der Waals surface area contributed by atoms with Gasteiger partial charge in [-0.1, -0.05) is 24.3 Å². The minimum absolute atomic E-state index is 0.0266. The number of carbonyl (C=O) groups excluding carboxylic acids is 1. The Kier molecular flexibility index (Phi) is 0.997. The van der Waals surface area contributed by atoms with Crippen LogP contribution in [0.3, 0.4) is 0 Å². The number of amides is 1. The van der Waals surface area contributed by atoms with Gasteiger partial charge in [-0.3, -0.25) is 9.69 Å². The first-order valence-corrected chi connectivity index (χ1v) is 4.81. The van der Waals surface area contributed by atoms with Gasteiger partial charge in [-0.15, -0.1) is 0 Å². The molecule has 0 N–H and O–H groups in total. The lowest BCUT2D eigenvalue weighted by Crippen LogP contribution is -1.99. The summed E-state index contributed by atoms with van der Waals surface area (Å²) in [5, 5.41) is 2.21. The summed E-state index contributed by atoms with van der Waals surface area (Å²) < 4.78 is 0. The first-order valence-electron chi connectivity index (χ1n) is 4.81. The van der Waals surface area contributed by atoms with Gasteiger partial charge in [-0.05, 0) is 17.5 Å². The SMILES string of the molecule is O=C1C2=Nc3cccc4cccc(c34)N12. The van der Waals surface area contributed by atoms with Gasteiger partial charge in [0.05, 0.1) is 11.4 Å². The van der Waals surface area contributed by atoms with Crippen LogP contribution < -0.4 is 4.90 Å². The van der Waals surface area contributed by atoms with Crippen molar-refractivity contribution in [3.8, 4) is 0 Å². The Labute approximate surface area is 85.6 Å². The molecule has 1 amide bonds. The van der Waals surface area contributed by atoms with Crippen LogP contribution in [-0.2, 0) is 4.79 Å². The van der Waals surface area contributed by atoms with Gasteiger partial charge in [0.1, 0.15) is 0 Å². The number of carbonyl (C=O) groups is 1. The number of nitrogens with zero attached hydrogens (tertiary/aromatic N) is 2. The number of anilines is 1. The molecule has 2 aromatic carbocycles. The van der Waals surface area contributed by atoms with Crippen LogP contribution in [-0.4, -0.2) is 11.7 Å². The number of amidine groups is 1. The summed E-state index contributed by atoms with van der Waals surface area (Å²) >= 11 is 0. The largest absolute Gasteiger partial charge is 0.300 e. The van der Waals surface area contributed by atoms with Gasteiger partial charge in [-0.25, -0.2) is 4.99 Å². The maximum Gasteiger partial charge on any atom is 0.300 e. The number of benzene rings is 2. The Morgan fingerprint density at radius 2 is 1.87 bits per heavy atom. The molecule has 0 aliphatic carbocycles. The predicted molar refractivity (Wildman–Crippen MR) is 58.5 cm³/mol. The van der Waals surface area contributed by atoms with Gasteiger partial charge in [0.25, 0.3) is 0 Å². The molecule has 15 heavy (non-hydrogen) atoms. The molecule has 2 heterocycles. The van der Waals surface area contributed by atoms with Crippen molar-refractivity contribution in [1.82, 2.24) is 0 Å². The summed E-state index contributed by atoms with van der Waals surface area (Å²) in [5.41, 5.74) is 1.87. The number of hydrogen-bond acceptors (Lipinski definition) is 2. The van der Waals surface area contributed by atoms with E-state index in [1.54, 1.807) is 4.90 Å². The smallest absolute Gasteiger partial charge is 0.265 e. The number of aliphatic imine (C=N–C) groups is 1. The third kappa shape index (κ3) is 0.722. The highest BCUT2D eigenvalue weighted by Crippen LogP contribution is 2.43. The van der Waals surface area contributed by atoms with Crippen molar-refractivity contribution in [2.24, 2.45) is 4.99 Å². The highest BCUT2D eigenvalue weighted by molar-refractivity contribution is 6.71. The zero-order valence-electron chi connectivity index (χ0n) is 7.77. The van der Waals surface area contributed by atoms with Gasteiger partial charge in [-0.2, -0.15) is 0 Å². The van der Waals surface area contributed by atoms with E-state index in [0.29, 0.717) is 5.84 Å². The molecular formula is C12H6N2O. The molecule has 2 aromatic rings. The summed E-state index contributed by atoms with van der Waals surface area (Å²) in [7, 11) is 0. The molecule has 0 spiro atoms. The minimum atomic E-state index is 0.0266. The van der Waals surface area contributed by atoms with Crippen LogP contribution in [0.25, 0.3) is 10.8 Å². The molecule has 3 nitrogen and oxygen atoms in total. The maximum atomic E-state index is 11.4. The van der Waals surface area contributed by atoms with Gasteiger partial charge < -0.3 is 0 Å². The second kappa shape index (κ2) is 2.08. The van der Waals surface area contributed by atoms with Crippen molar-refractivity contribution >= 4 is 33.9 Å². The van der Waals surface area contributed by atoms with Crippen LogP contribution in [0.5, 0.6) is 0 Å². The molecule has 0 radical (unpaired) electrons. The van der Waals surface area contributed by atoms with E-state index in [0.717, 1.165) is 22.1 Å². The molecule has 1 fully saturated rings. The Balaban J connectivity index is 2.25. The first kappa shape index (κ1) is 7.17.